The summed E-state index contributed by atoms with van der Waals surface area (Å²) in [5.41, 5.74) is 1.72. The molecule has 0 radical (unpaired) electrons. The number of likely N-dealkylation sites (tertiary alicyclic amines) is 1. The van der Waals surface area contributed by atoms with Crippen LogP contribution in [0.15, 0.2) is 30.3 Å². The van der Waals surface area contributed by atoms with E-state index in [1.54, 1.807) is 0 Å². The zero-order valence-electron chi connectivity index (χ0n) is 12.4. The average molecular weight is 270 g/mol. The number of aryl methyl sites for hydroxylation is 1. The van der Waals surface area contributed by atoms with Gasteiger partial charge in [-0.05, 0) is 17.9 Å². The maximum atomic E-state index is 4.41. The molecule has 1 aliphatic heterocycles. The normalized spacial score (nSPS) is 22.2. The first kappa shape index (κ1) is 13.3. The maximum absolute atomic E-state index is 4.41. The number of hydrogen-bond donors (Lipinski definition) is 1. The molecule has 4 heteroatoms. The van der Waals surface area contributed by atoms with E-state index in [1.165, 1.54) is 5.56 Å². The first-order chi connectivity index (χ1) is 9.54. The summed E-state index contributed by atoms with van der Waals surface area (Å²) in [7, 11) is 0. The minimum Gasteiger partial charge on any atom is -0.295 e. The summed E-state index contributed by atoms with van der Waals surface area (Å²) in [5.74, 6) is 2.36. The zero-order valence-corrected chi connectivity index (χ0v) is 12.4. The lowest BCUT2D eigenvalue weighted by Crippen LogP contribution is -2.23. The van der Waals surface area contributed by atoms with Crippen LogP contribution in [0, 0.1) is 12.3 Å². The zero-order chi connectivity index (χ0) is 14.2. The standard InChI is InChI=1S/C16H22N4/c1-12-17-15(19-18-12)10-20-9-14(16(2,3)11-20)13-7-5-4-6-8-13/h4-8,14H,9-11H2,1-3H3,(H,17,18,19)/t14-/m1/s1. The maximum Gasteiger partial charge on any atom is 0.164 e. The second-order valence-corrected chi connectivity index (χ2v) is 6.46. The minimum absolute atomic E-state index is 0.284. The van der Waals surface area contributed by atoms with Crippen LogP contribution in [0.2, 0.25) is 0 Å². The molecule has 1 aromatic carbocycles. The monoisotopic (exact) mass is 270 g/mol. The first-order valence-corrected chi connectivity index (χ1v) is 7.20. The molecule has 106 valence electrons. The second-order valence-electron chi connectivity index (χ2n) is 6.46. The summed E-state index contributed by atoms with van der Waals surface area (Å²) in [6.45, 7) is 9.64. The molecule has 0 unspecified atom stereocenters. The fourth-order valence-electron chi connectivity index (χ4n) is 3.28. The third kappa shape index (κ3) is 2.61. The Kier molecular flexibility index (Phi) is 3.34. The van der Waals surface area contributed by atoms with E-state index >= 15 is 0 Å². The molecule has 1 aromatic heterocycles. The highest BCUT2D eigenvalue weighted by Crippen LogP contribution is 2.42. The van der Waals surface area contributed by atoms with Crippen molar-refractivity contribution in [3.63, 3.8) is 0 Å². The third-order valence-corrected chi connectivity index (χ3v) is 4.23. The molecule has 1 fully saturated rings. The molecule has 0 amide bonds. The Morgan fingerprint density at radius 1 is 1.30 bits per heavy atom. The topological polar surface area (TPSA) is 44.8 Å². The average Bonchev–Trinajstić information content (AvgIpc) is 2.94. The molecule has 3 rings (SSSR count). The Hall–Kier alpha value is -1.68. The number of rotatable bonds is 3. The van der Waals surface area contributed by atoms with Crippen molar-refractivity contribution in [1.82, 2.24) is 20.1 Å². The molecular weight excluding hydrogens is 248 g/mol. The number of hydrogen-bond acceptors (Lipinski definition) is 3. The summed E-state index contributed by atoms with van der Waals surface area (Å²) in [5, 5.41) is 7.17. The highest BCUT2D eigenvalue weighted by atomic mass is 15.3. The number of H-pyrrole nitrogens is 1. The predicted octanol–water partition coefficient (Wildman–Crippen LogP) is 2.74. The summed E-state index contributed by atoms with van der Waals surface area (Å²) in [6, 6.07) is 10.8. The van der Waals surface area contributed by atoms with E-state index in [1.807, 2.05) is 6.92 Å². The molecule has 20 heavy (non-hydrogen) atoms. The van der Waals surface area contributed by atoms with Gasteiger partial charge in [0.15, 0.2) is 5.82 Å². The second kappa shape index (κ2) is 5.02. The van der Waals surface area contributed by atoms with E-state index in [9.17, 15) is 0 Å². The van der Waals surface area contributed by atoms with E-state index in [0.29, 0.717) is 5.92 Å². The molecule has 2 heterocycles. The van der Waals surface area contributed by atoms with Crippen LogP contribution in [0.4, 0.5) is 0 Å². The van der Waals surface area contributed by atoms with Crippen molar-refractivity contribution < 1.29 is 0 Å². The van der Waals surface area contributed by atoms with Crippen LogP contribution in [-0.2, 0) is 6.54 Å². The Morgan fingerprint density at radius 3 is 2.70 bits per heavy atom. The third-order valence-electron chi connectivity index (χ3n) is 4.23. The highest BCUT2D eigenvalue weighted by molar-refractivity contribution is 5.24. The Labute approximate surface area is 120 Å². The van der Waals surface area contributed by atoms with E-state index in [4.69, 9.17) is 0 Å². The smallest absolute Gasteiger partial charge is 0.164 e. The van der Waals surface area contributed by atoms with Gasteiger partial charge in [-0.15, -0.1) is 0 Å². The van der Waals surface area contributed by atoms with Gasteiger partial charge >= 0.3 is 0 Å². The van der Waals surface area contributed by atoms with E-state index in [-0.39, 0.29) is 5.41 Å². The fraction of sp³-hybridized carbons (Fsp3) is 0.500. The first-order valence-electron chi connectivity index (χ1n) is 7.20. The van der Waals surface area contributed by atoms with Crippen molar-refractivity contribution in [3.05, 3.63) is 47.5 Å². The van der Waals surface area contributed by atoms with Crippen molar-refractivity contribution >= 4 is 0 Å². The van der Waals surface area contributed by atoms with Crippen molar-refractivity contribution in [2.75, 3.05) is 13.1 Å². The van der Waals surface area contributed by atoms with Gasteiger partial charge in [0.2, 0.25) is 0 Å². The Balaban J connectivity index is 1.75. The summed E-state index contributed by atoms with van der Waals surface area (Å²) in [6.07, 6.45) is 0. The van der Waals surface area contributed by atoms with Crippen LogP contribution in [0.5, 0.6) is 0 Å². The summed E-state index contributed by atoms with van der Waals surface area (Å²) >= 11 is 0. The molecule has 1 saturated heterocycles. The minimum atomic E-state index is 0.284. The molecule has 2 aromatic rings. The molecule has 1 N–H and O–H groups in total. The number of nitrogens with one attached hydrogen (secondary N) is 1. The van der Waals surface area contributed by atoms with Gasteiger partial charge in [0, 0.05) is 19.0 Å². The predicted molar refractivity (Wildman–Crippen MR) is 79.4 cm³/mol. The largest absolute Gasteiger partial charge is 0.295 e. The van der Waals surface area contributed by atoms with E-state index in [2.05, 4.69) is 64.3 Å². The van der Waals surface area contributed by atoms with Crippen LogP contribution < -0.4 is 0 Å². The number of aromatic amines is 1. The number of aromatic nitrogens is 3. The van der Waals surface area contributed by atoms with Crippen molar-refractivity contribution in [2.45, 2.75) is 33.2 Å². The quantitative estimate of drug-likeness (QED) is 0.932. The van der Waals surface area contributed by atoms with Crippen LogP contribution in [-0.4, -0.2) is 33.2 Å². The Morgan fingerprint density at radius 2 is 2.05 bits per heavy atom. The molecule has 0 aliphatic carbocycles. The SMILES string of the molecule is Cc1nc(CN2C[C@H](c3ccccc3)C(C)(C)C2)n[nH]1. The molecular formula is C16H22N4. The Bertz CT molecular complexity index is 573. The lowest BCUT2D eigenvalue weighted by Gasteiger charge is -2.26. The van der Waals surface area contributed by atoms with Crippen molar-refractivity contribution in [2.24, 2.45) is 5.41 Å². The summed E-state index contributed by atoms with van der Waals surface area (Å²) in [4.78, 5) is 6.87. The molecule has 0 saturated carbocycles. The highest BCUT2D eigenvalue weighted by Gasteiger charge is 2.40. The van der Waals surface area contributed by atoms with Gasteiger partial charge < -0.3 is 0 Å². The van der Waals surface area contributed by atoms with E-state index in [0.717, 1.165) is 31.3 Å². The molecule has 1 aliphatic rings. The van der Waals surface area contributed by atoms with Gasteiger partial charge in [-0.25, -0.2) is 4.98 Å². The van der Waals surface area contributed by atoms with Crippen LogP contribution in [0.25, 0.3) is 0 Å². The van der Waals surface area contributed by atoms with Gasteiger partial charge in [-0.3, -0.25) is 10.00 Å². The van der Waals surface area contributed by atoms with Crippen LogP contribution >= 0.6 is 0 Å². The van der Waals surface area contributed by atoms with Gasteiger partial charge in [0.1, 0.15) is 5.82 Å². The van der Waals surface area contributed by atoms with Gasteiger partial charge in [-0.1, -0.05) is 44.2 Å². The van der Waals surface area contributed by atoms with Crippen molar-refractivity contribution in [1.29, 1.82) is 0 Å². The molecule has 0 bridgehead atoms. The molecule has 1 atom stereocenters. The summed E-state index contributed by atoms with van der Waals surface area (Å²) < 4.78 is 0. The number of nitrogens with zero attached hydrogens (tertiary/aromatic N) is 3. The number of benzene rings is 1. The molecule has 4 nitrogen and oxygen atoms in total. The van der Waals surface area contributed by atoms with E-state index < -0.39 is 0 Å². The lowest BCUT2D eigenvalue weighted by atomic mass is 9.78. The van der Waals surface area contributed by atoms with Gasteiger partial charge in [0.05, 0.1) is 6.54 Å². The van der Waals surface area contributed by atoms with Gasteiger partial charge in [0.25, 0.3) is 0 Å². The lowest BCUT2D eigenvalue weighted by molar-refractivity contribution is 0.276. The van der Waals surface area contributed by atoms with Gasteiger partial charge in [-0.2, -0.15) is 5.10 Å². The van der Waals surface area contributed by atoms with Crippen molar-refractivity contribution in [3.8, 4) is 0 Å². The molecule has 0 spiro atoms. The fourth-order valence-corrected chi connectivity index (χ4v) is 3.28. The van der Waals surface area contributed by atoms with Crippen LogP contribution in [0.1, 0.15) is 37.0 Å². The van der Waals surface area contributed by atoms with Crippen LogP contribution in [0.3, 0.4) is 0 Å².